The fraction of sp³-hybridized carbons (Fsp3) is 0.500. The molecule has 1 aliphatic heterocycles. The average Bonchev–Trinajstić information content (AvgIpc) is 2.41. The normalized spacial score (nSPS) is 20.8. The van der Waals surface area contributed by atoms with Crippen molar-refractivity contribution >= 4 is 11.8 Å². The number of pyridine rings is 1. The highest BCUT2D eigenvalue weighted by atomic mass is 19.1. The Balaban J connectivity index is 2.14. The number of hydrogen-bond donors (Lipinski definition) is 1. The fourth-order valence-electron chi connectivity index (χ4n) is 2.25. The minimum atomic E-state index is -0.497. The van der Waals surface area contributed by atoms with Crippen molar-refractivity contribution < 1.29 is 14.0 Å². The summed E-state index contributed by atoms with van der Waals surface area (Å²) in [6.45, 7) is 4.10. The first-order valence-corrected chi connectivity index (χ1v) is 6.68. The standard InChI is InChI=1S/C14H18FN3O2/c1-3-9(2)13-14(20)18(8-12(19)17-13)7-10-4-11(15)6-16-5-10/h4-6,9,13H,3,7-8H2,1-2H3,(H,17,19). The van der Waals surface area contributed by atoms with Gasteiger partial charge in [-0.15, -0.1) is 0 Å². The van der Waals surface area contributed by atoms with Crippen LogP contribution in [0.25, 0.3) is 0 Å². The van der Waals surface area contributed by atoms with Crippen LogP contribution < -0.4 is 5.32 Å². The molecule has 1 aromatic heterocycles. The smallest absolute Gasteiger partial charge is 0.246 e. The van der Waals surface area contributed by atoms with E-state index in [1.807, 2.05) is 13.8 Å². The number of nitrogens with one attached hydrogen (secondary N) is 1. The van der Waals surface area contributed by atoms with Crippen molar-refractivity contribution in [3.8, 4) is 0 Å². The number of halogens is 1. The minimum Gasteiger partial charge on any atom is -0.342 e. The molecule has 1 aliphatic rings. The van der Waals surface area contributed by atoms with Crippen LogP contribution in [0.4, 0.5) is 4.39 Å². The molecule has 0 saturated carbocycles. The van der Waals surface area contributed by atoms with Crippen molar-refractivity contribution in [2.75, 3.05) is 6.54 Å². The first-order chi connectivity index (χ1) is 9.51. The molecular weight excluding hydrogens is 261 g/mol. The Morgan fingerprint density at radius 3 is 2.90 bits per heavy atom. The van der Waals surface area contributed by atoms with Gasteiger partial charge >= 0.3 is 0 Å². The van der Waals surface area contributed by atoms with Crippen molar-refractivity contribution in [3.63, 3.8) is 0 Å². The van der Waals surface area contributed by atoms with E-state index in [2.05, 4.69) is 10.3 Å². The van der Waals surface area contributed by atoms with Crippen LogP contribution >= 0.6 is 0 Å². The van der Waals surface area contributed by atoms with Crippen LogP contribution in [0.5, 0.6) is 0 Å². The summed E-state index contributed by atoms with van der Waals surface area (Å²) in [6, 6.07) is 0.827. The maximum absolute atomic E-state index is 13.1. The summed E-state index contributed by atoms with van der Waals surface area (Å²) in [6.07, 6.45) is 3.41. The summed E-state index contributed by atoms with van der Waals surface area (Å²) in [7, 11) is 0. The molecule has 2 heterocycles. The second-order valence-corrected chi connectivity index (χ2v) is 5.14. The minimum absolute atomic E-state index is 0.00226. The van der Waals surface area contributed by atoms with Crippen molar-refractivity contribution in [3.05, 3.63) is 29.8 Å². The third-order valence-electron chi connectivity index (χ3n) is 3.58. The summed E-state index contributed by atoms with van der Waals surface area (Å²) in [5.74, 6) is -0.683. The van der Waals surface area contributed by atoms with Crippen LogP contribution in [-0.2, 0) is 16.1 Å². The van der Waals surface area contributed by atoms with Crippen molar-refractivity contribution in [1.29, 1.82) is 0 Å². The van der Waals surface area contributed by atoms with Gasteiger partial charge in [-0.1, -0.05) is 20.3 Å². The van der Waals surface area contributed by atoms with E-state index >= 15 is 0 Å². The molecule has 1 N–H and O–H groups in total. The maximum atomic E-state index is 13.1. The number of nitrogens with zero attached hydrogens (tertiary/aromatic N) is 2. The predicted molar refractivity (Wildman–Crippen MR) is 71.0 cm³/mol. The number of piperazine rings is 1. The Hall–Kier alpha value is -1.98. The molecule has 2 atom stereocenters. The second kappa shape index (κ2) is 5.98. The topological polar surface area (TPSA) is 62.3 Å². The number of amides is 2. The van der Waals surface area contributed by atoms with Gasteiger partial charge < -0.3 is 10.2 Å². The van der Waals surface area contributed by atoms with E-state index in [4.69, 9.17) is 0 Å². The summed E-state index contributed by atoms with van der Waals surface area (Å²) < 4.78 is 13.1. The van der Waals surface area contributed by atoms with Crippen molar-refractivity contribution in [2.45, 2.75) is 32.9 Å². The Morgan fingerprint density at radius 1 is 1.50 bits per heavy atom. The van der Waals surface area contributed by atoms with Crippen LogP contribution in [0.2, 0.25) is 0 Å². The first-order valence-electron chi connectivity index (χ1n) is 6.68. The van der Waals surface area contributed by atoms with Gasteiger partial charge in [0.25, 0.3) is 0 Å². The summed E-state index contributed by atoms with van der Waals surface area (Å²) in [4.78, 5) is 29.3. The van der Waals surface area contributed by atoms with E-state index in [0.29, 0.717) is 5.56 Å². The Bertz CT molecular complexity index is 521. The van der Waals surface area contributed by atoms with Crippen molar-refractivity contribution in [2.24, 2.45) is 5.92 Å². The molecule has 6 heteroatoms. The molecule has 0 spiro atoms. The van der Waals surface area contributed by atoms with Crippen LogP contribution in [0.1, 0.15) is 25.8 Å². The third kappa shape index (κ3) is 3.12. The molecule has 20 heavy (non-hydrogen) atoms. The molecular formula is C14H18FN3O2. The zero-order valence-electron chi connectivity index (χ0n) is 11.6. The molecule has 2 unspecified atom stereocenters. The van der Waals surface area contributed by atoms with Crippen LogP contribution in [0.15, 0.2) is 18.5 Å². The molecule has 1 aromatic rings. The predicted octanol–water partition coefficient (Wildman–Crippen LogP) is 1.09. The molecule has 5 nitrogen and oxygen atoms in total. The number of carbonyl (C=O) groups excluding carboxylic acids is 2. The molecule has 0 radical (unpaired) electrons. The van der Waals surface area contributed by atoms with E-state index in [9.17, 15) is 14.0 Å². The third-order valence-corrected chi connectivity index (χ3v) is 3.58. The summed E-state index contributed by atoms with van der Waals surface area (Å²) >= 11 is 0. The Labute approximate surface area is 117 Å². The molecule has 1 saturated heterocycles. The Kier molecular flexibility index (Phi) is 4.32. The molecule has 2 amide bonds. The lowest BCUT2D eigenvalue weighted by Gasteiger charge is -2.35. The van der Waals surface area contributed by atoms with E-state index in [-0.39, 0.29) is 30.8 Å². The largest absolute Gasteiger partial charge is 0.342 e. The highest BCUT2D eigenvalue weighted by Crippen LogP contribution is 2.16. The number of carbonyl (C=O) groups is 2. The van der Waals surface area contributed by atoms with Crippen LogP contribution in [-0.4, -0.2) is 34.3 Å². The van der Waals surface area contributed by atoms with Crippen LogP contribution in [0, 0.1) is 11.7 Å². The van der Waals surface area contributed by atoms with Gasteiger partial charge in [0.1, 0.15) is 11.9 Å². The highest BCUT2D eigenvalue weighted by molar-refractivity contribution is 5.94. The van der Waals surface area contributed by atoms with Gasteiger partial charge in [-0.3, -0.25) is 14.6 Å². The number of rotatable bonds is 4. The van der Waals surface area contributed by atoms with Gasteiger partial charge in [0.2, 0.25) is 11.8 Å². The SMILES string of the molecule is CCC(C)C1NC(=O)CN(Cc2cncc(F)c2)C1=O. The van der Waals surface area contributed by atoms with Gasteiger partial charge in [-0.25, -0.2) is 4.39 Å². The number of hydrogen-bond acceptors (Lipinski definition) is 3. The highest BCUT2D eigenvalue weighted by Gasteiger charge is 2.35. The Morgan fingerprint density at radius 2 is 2.25 bits per heavy atom. The maximum Gasteiger partial charge on any atom is 0.246 e. The van der Waals surface area contributed by atoms with Gasteiger partial charge in [-0.2, -0.15) is 0 Å². The lowest BCUT2D eigenvalue weighted by atomic mass is 9.96. The van der Waals surface area contributed by atoms with E-state index < -0.39 is 11.9 Å². The van der Waals surface area contributed by atoms with Crippen LogP contribution in [0.3, 0.4) is 0 Å². The lowest BCUT2D eigenvalue weighted by Crippen LogP contribution is -2.59. The van der Waals surface area contributed by atoms with Gasteiger partial charge in [-0.05, 0) is 17.5 Å². The van der Waals surface area contributed by atoms with E-state index in [0.717, 1.165) is 12.6 Å². The monoisotopic (exact) mass is 279 g/mol. The molecule has 0 aliphatic carbocycles. The zero-order valence-corrected chi connectivity index (χ0v) is 11.6. The van der Waals surface area contributed by atoms with E-state index in [1.165, 1.54) is 17.2 Å². The molecule has 0 aromatic carbocycles. The number of aromatic nitrogens is 1. The summed E-state index contributed by atoms with van der Waals surface area (Å²) in [5, 5.41) is 2.72. The molecule has 2 rings (SSSR count). The first kappa shape index (κ1) is 14.4. The quantitative estimate of drug-likeness (QED) is 0.897. The second-order valence-electron chi connectivity index (χ2n) is 5.14. The molecule has 0 bridgehead atoms. The van der Waals surface area contributed by atoms with Gasteiger partial charge in [0, 0.05) is 12.7 Å². The molecule has 1 fully saturated rings. The van der Waals surface area contributed by atoms with E-state index in [1.54, 1.807) is 0 Å². The average molecular weight is 279 g/mol. The lowest BCUT2D eigenvalue weighted by molar-refractivity contribution is -0.146. The van der Waals surface area contributed by atoms with Gasteiger partial charge in [0.05, 0.1) is 12.7 Å². The molecule has 108 valence electrons. The van der Waals surface area contributed by atoms with Gasteiger partial charge in [0.15, 0.2) is 0 Å². The fourth-order valence-corrected chi connectivity index (χ4v) is 2.25. The summed E-state index contributed by atoms with van der Waals surface area (Å²) in [5.41, 5.74) is 0.580. The zero-order chi connectivity index (χ0) is 14.7. The van der Waals surface area contributed by atoms with Crippen molar-refractivity contribution in [1.82, 2.24) is 15.2 Å².